The molecule has 1 unspecified atom stereocenters. The maximum atomic E-state index is 12.0. The molecule has 0 radical (unpaired) electrons. The van der Waals surface area contributed by atoms with Crippen LogP contribution in [0.3, 0.4) is 0 Å². The van der Waals surface area contributed by atoms with E-state index in [2.05, 4.69) is 33.0 Å². The molecule has 1 rings (SSSR count). The van der Waals surface area contributed by atoms with Crippen LogP contribution in [0.1, 0.15) is 46.1 Å². The molecule has 0 saturated heterocycles. The average molecular weight is 262 g/mol. The first-order valence-corrected chi connectivity index (χ1v) is 6.83. The summed E-state index contributed by atoms with van der Waals surface area (Å²) in [5.41, 5.74) is 8.56. The van der Waals surface area contributed by atoms with E-state index in [1.165, 1.54) is 0 Å². The lowest BCUT2D eigenvalue weighted by Crippen LogP contribution is -2.19. The lowest BCUT2D eigenvalue weighted by atomic mass is 9.84. The van der Waals surface area contributed by atoms with Gasteiger partial charge in [-0.25, -0.2) is 0 Å². The van der Waals surface area contributed by atoms with Gasteiger partial charge in [0.25, 0.3) is 0 Å². The maximum absolute atomic E-state index is 12.0. The Bertz CT molecular complexity index is 447. The SMILES string of the molecule is Cc1ccc(NC(=O)CC(C)CC(C)(C)C)c(N)c1. The number of aryl methyl sites for hydroxylation is 1. The summed E-state index contributed by atoms with van der Waals surface area (Å²) in [4.78, 5) is 12.0. The molecule has 3 heteroatoms. The predicted molar refractivity (Wildman–Crippen MR) is 82.1 cm³/mol. The molecule has 0 aliphatic heterocycles. The number of hydrogen-bond donors (Lipinski definition) is 2. The van der Waals surface area contributed by atoms with Crippen LogP contribution in [0.25, 0.3) is 0 Å². The fraction of sp³-hybridized carbons (Fsp3) is 0.562. The molecule has 0 heterocycles. The molecule has 3 N–H and O–H groups in total. The Morgan fingerprint density at radius 1 is 1.37 bits per heavy atom. The lowest BCUT2D eigenvalue weighted by Gasteiger charge is -2.22. The molecular formula is C16H26N2O. The largest absolute Gasteiger partial charge is 0.397 e. The van der Waals surface area contributed by atoms with Crippen LogP contribution >= 0.6 is 0 Å². The molecule has 0 spiro atoms. The van der Waals surface area contributed by atoms with Crippen LogP contribution in [0.5, 0.6) is 0 Å². The van der Waals surface area contributed by atoms with E-state index in [9.17, 15) is 4.79 Å². The van der Waals surface area contributed by atoms with Crippen LogP contribution < -0.4 is 11.1 Å². The number of amides is 1. The van der Waals surface area contributed by atoms with Gasteiger partial charge in [-0.3, -0.25) is 4.79 Å². The van der Waals surface area contributed by atoms with Crippen LogP contribution in [-0.2, 0) is 4.79 Å². The van der Waals surface area contributed by atoms with Crippen molar-refractivity contribution in [2.45, 2.75) is 47.5 Å². The summed E-state index contributed by atoms with van der Waals surface area (Å²) in [5.74, 6) is 0.402. The monoisotopic (exact) mass is 262 g/mol. The van der Waals surface area contributed by atoms with E-state index in [1.807, 2.05) is 25.1 Å². The standard InChI is InChI=1S/C16H26N2O/c1-11-6-7-14(13(17)8-11)18-15(19)9-12(2)10-16(3,4)5/h6-8,12H,9-10,17H2,1-5H3,(H,18,19). The van der Waals surface area contributed by atoms with Gasteiger partial charge in [0.15, 0.2) is 0 Å². The van der Waals surface area contributed by atoms with Gasteiger partial charge in [0.2, 0.25) is 5.91 Å². The van der Waals surface area contributed by atoms with Crippen LogP contribution in [-0.4, -0.2) is 5.91 Å². The molecular weight excluding hydrogens is 236 g/mol. The highest BCUT2D eigenvalue weighted by Gasteiger charge is 2.18. The normalized spacial score (nSPS) is 13.1. The Balaban J connectivity index is 2.56. The summed E-state index contributed by atoms with van der Waals surface area (Å²) >= 11 is 0. The van der Waals surface area contributed by atoms with Crippen molar-refractivity contribution in [3.05, 3.63) is 23.8 Å². The molecule has 0 aliphatic rings. The van der Waals surface area contributed by atoms with Gasteiger partial charge < -0.3 is 11.1 Å². The lowest BCUT2D eigenvalue weighted by molar-refractivity contribution is -0.117. The number of benzene rings is 1. The Labute approximate surface area is 116 Å². The molecule has 0 aromatic heterocycles. The number of anilines is 2. The van der Waals surface area contributed by atoms with Crippen molar-refractivity contribution in [2.24, 2.45) is 11.3 Å². The first kappa shape index (κ1) is 15.5. The number of rotatable bonds is 4. The van der Waals surface area contributed by atoms with Crippen LogP contribution in [0.2, 0.25) is 0 Å². The molecule has 1 aromatic rings. The second-order valence-electron chi connectivity index (χ2n) is 6.71. The molecule has 3 nitrogen and oxygen atoms in total. The van der Waals surface area contributed by atoms with Crippen molar-refractivity contribution in [1.82, 2.24) is 0 Å². The predicted octanol–water partition coefficient (Wildman–Crippen LogP) is 3.98. The van der Waals surface area contributed by atoms with Crippen molar-refractivity contribution < 1.29 is 4.79 Å². The Morgan fingerprint density at radius 2 is 2.00 bits per heavy atom. The number of hydrogen-bond acceptors (Lipinski definition) is 2. The van der Waals surface area contributed by atoms with Gasteiger partial charge in [0.05, 0.1) is 11.4 Å². The second-order valence-corrected chi connectivity index (χ2v) is 6.71. The molecule has 0 bridgehead atoms. The highest BCUT2D eigenvalue weighted by molar-refractivity contribution is 5.93. The van der Waals surface area contributed by atoms with Crippen molar-refractivity contribution in [3.63, 3.8) is 0 Å². The van der Waals surface area contributed by atoms with Crippen LogP contribution in [0, 0.1) is 18.3 Å². The Morgan fingerprint density at radius 3 is 2.53 bits per heavy atom. The molecule has 1 atom stereocenters. The van der Waals surface area contributed by atoms with E-state index in [-0.39, 0.29) is 11.3 Å². The summed E-state index contributed by atoms with van der Waals surface area (Å²) in [5, 5.41) is 2.89. The van der Waals surface area contributed by atoms with Gasteiger partial charge >= 0.3 is 0 Å². The number of nitrogens with one attached hydrogen (secondary N) is 1. The average Bonchev–Trinajstić information content (AvgIpc) is 2.19. The van der Waals surface area contributed by atoms with Crippen molar-refractivity contribution >= 4 is 17.3 Å². The molecule has 19 heavy (non-hydrogen) atoms. The van der Waals surface area contributed by atoms with Crippen molar-refractivity contribution in [3.8, 4) is 0 Å². The van der Waals surface area contributed by atoms with E-state index in [4.69, 9.17) is 5.73 Å². The smallest absolute Gasteiger partial charge is 0.224 e. The van der Waals surface area contributed by atoms with E-state index < -0.39 is 0 Å². The fourth-order valence-electron chi connectivity index (χ4n) is 2.43. The van der Waals surface area contributed by atoms with Gasteiger partial charge in [0, 0.05) is 6.42 Å². The number of carbonyl (C=O) groups excluding carboxylic acids is 1. The quantitative estimate of drug-likeness (QED) is 0.806. The minimum atomic E-state index is 0.0345. The molecule has 106 valence electrons. The zero-order valence-electron chi connectivity index (χ0n) is 12.7. The molecule has 0 aliphatic carbocycles. The number of carbonyl (C=O) groups is 1. The van der Waals surface area contributed by atoms with Gasteiger partial charge in [0.1, 0.15) is 0 Å². The zero-order valence-corrected chi connectivity index (χ0v) is 12.7. The molecule has 0 fully saturated rings. The highest BCUT2D eigenvalue weighted by Crippen LogP contribution is 2.26. The first-order valence-electron chi connectivity index (χ1n) is 6.83. The Kier molecular flexibility index (Phi) is 4.98. The first-order chi connectivity index (χ1) is 8.67. The van der Waals surface area contributed by atoms with Gasteiger partial charge in [-0.05, 0) is 42.4 Å². The molecule has 0 saturated carbocycles. The van der Waals surface area contributed by atoms with Gasteiger partial charge in [-0.15, -0.1) is 0 Å². The van der Waals surface area contributed by atoms with E-state index in [0.29, 0.717) is 23.7 Å². The molecule has 1 aromatic carbocycles. The maximum Gasteiger partial charge on any atom is 0.224 e. The summed E-state index contributed by atoms with van der Waals surface area (Å²) in [6, 6.07) is 5.68. The number of nitrogen functional groups attached to an aromatic ring is 1. The van der Waals surface area contributed by atoms with E-state index in [0.717, 1.165) is 12.0 Å². The summed E-state index contributed by atoms with van der Waals surface area (Å²) < 4.78 is 0. The fourth-order valence-corrected chi connectivity index (χ4v) is 2.43. The van der Waals surface area contributed by atoms with Crippen LogP contribution in [0.15, 0.2) is 18.2 Å². The highest BCUT2D eigenvalue weighted by atomic mass is 16.1. The second kappa shape index (κ2) is 6.09. The van der Waals surface area contributed by atoms with E-state index >= 15 is 0 Å². The minimum Gasteiger partial charge on any atom is -0.397 e. The summed E-state index contributed by atoms with van der Waals surface area (Å²) in [6.07, 6.45) is 1.56. The van der Waals surface area contributed by atoms with Crippen molar-refractivity contribution in [1.29, 1.82) is 0 Å². The molecule has 1 amide bonds. The minimum absolute atomic E-state index is 0.0345. The Hall–Kier alpha value is -1.51. The van der Waals surface area contributed by atoms with E-state index in [1.54, 1.807) is 0 Å². The van der Waals surface area contributed by atoms with Crippen molar-refractivity contribution in [2.75, 3.05) is 11.1 Å². The third-order valence-electron chi connectivity index (χ3n) is 2.98. The topological polar surface area (TPSA) is 55.1 Å². The third-order valence-corrected chi connectivity index (χ3v) is 2.98. The van der Waals surface area contributed by atoms with Gasteiger partial charge in [-0.2, -0.15) is 0 Å². The number of nitrogens with two attached hydrogens (primary N) is 1. The summed E-state index contributed by atoms with van der Waals surface area (Å²) in [7, 11) is 0. The zero-order chi connectivity index (χ0) is 14.6. The third kappa shape index (κ3) is 5.77. The van der Waals surface area contributed by atoms with Gasteiger partial charge in [-0.1, -0.05) is 33.8 Å². The summed E-state index contributed by atoms with van der Waals surface area (Å²) in [6.45, 7) is 10.7. The van der Waals surface area contributed by atoms with Crippen LogP contribution in [0.4, 0.5) is 11.4 Å².